The maximum atomic E-state index is 12.0. The second-order valence-electron chi connectivity index (χ2n) is 5.86. The van der Waals surface area contributed by atoms with Gasteiger partial charge in [0.25, 0.3) is 5.91 Å². The van der Waals surface area contributed by atoms with Crippen molar-refractivity contribution in [1.82, 2.24) is 16.0 Å². The number of carbonyl (C=O) groups excluding carboxylic acids is 1. The van der Waals surface area contributed by atoms with E-state index >= 15 is 0 Å². The van der Waals surface area contributed by atoms with E-state index in [4.69, 9.17) is 0 Å². The van der Waals surface area contributed by atoms with Crippen molar-refractivity contribution in [3.8, 4) is 0 Å². The molecule has 0 saturated heterocycles. The van der Waals surface area contributed by atoms with Crippen LogP contribution in [0.1, 0.15) is 48.5 Å². The van der Waals surface area contributed by atoms with E-state index in [1.807, 2.05) is 36.0 Å². The summed E-state index contributed by atoms with van der Waals surface area (Å²) in [5, 5.41) is 9.55. The van der Waals surface area contributed by atoms with Gasteiger partial charge in [-0.3, -0.25) is 9.79 Å². The lowest BCUT2D eigenvalue weighted by molar-refractivity contribution is 0.0953. The normalized spacial score (nSPS) is 11.2. The zero-order valence-electron chi connectivity index (χ0n) is 15.7. The summed E-state index contributed by atoms with van der Waals surface area (Å²) in [6, 6.07) is 7.70. The van der Waals surface area contributed by atoms with Crippen LogP contribution in [0, 0.1) is 0 Å². The Kier molecular flexibility index (Phi) is 11.6. The molecule has 0 radical (unpaired) electrons. The van der Waals surface area contributed by atoms with Gasteiger partial charge in [-0.1, -0.05) is 25.5 Å². The molecule has 0 aliphatic heterocycles. The Morgan fingerprint density at radius 1 is 1.04 bits per heavy atom. The summed E-state index contributed by atoms with van der Waals surface area (Å²) in [4.78, 5) is 16.2. The maximum Gasteiger partial charge on any atom is 0.251 e. The lowest BCUT2D eigenvalue weighted by Gasteiger charge is -2.12. The summed E-state index contributed by atoms with van der Waals surface area (Å²) in [7, 11) is 1.78. The minimum absolute atomic E-state index is 0.00400. The van der Waals surface area contributed by atoms with E-state index in [1.165, 1.54) is 12.2 Å². The van der Waals surface area contributed by atoms with Gasteiger partial charge in [-0.15, -0.1) is 0 Å². The fraction of sp³-hybridized carbons (Fsp3) is 0.579. The minimum atomic E-state index is -0.00400. The number of nitrogens with zero attached hydrogens (tertiary/aromatic N) is 1. The lowest BCUT2D eigenvalue weighted by atomic mass is 10.1. The second-order valence-corrected chi connectivity index (χ2v) is 6.84. The van der Waals surface area contributed by atoms with Gasteiger partial charge in [-0.2, -0.15) is 11.8 Å². The fourth-order valence-electron chi connectivity index (χ4n) is 2.24. The molecule has 1 aromatic rings. The van der Waals surface area contributed by atoms with Crippen molar-refractivity contribution in [2.75, 3.05) is 32.1 Å². The van der Waals surface area contributed by atoms with E-state index in [9.17, 15) is 4.79 Å². The minimum Gasteiger partial charge on any atom is -0.356 e. The van der Waals surface area contributed by atoms with Crippen LogP contribution >= 0.6 is 11.8 Å². The maximum absolute atomic E-state index is 12.0. The highest BCUT2D eigenvalue weighted by Gasteiger charge is 2.04. The Morgan fingerprint density at radius 2 is 1.76 bits per heavy atom. The number of amides is 1. The zero-order chi connectivity index (χ0) is 18.3. The first kappa shape index (κ1) is 21.4. The quantitative estimate of drug-likeness (QED) is 0.321. The van der Waals surface area contributed by atoms with E-state index in [0.29, 0.717) is 12.1 Å². The number of unbranched alkanes of at least 4 members (excludes halogenated alkanes) is 2. The number of hydrogen-bond acceptors (Lipinski definition) is 3. The van der Waals surface area contributed by atoms with Crippen LogP contribution in [0.5, 0.6) is 0 Å². The van der Waals surface area contributed by atoms with E-state index in [2.05, 4.69) is 34.1 Å². The first-order chi connectivity index (χ1) is 12.2. The molecule has 0 fully saturated rings. The lowest BCUT2D eigenvalue weighted by Crippen LogP contribution is -2.37. The zero-order valence-corrected chi connectivity index (χ0v) is 16.5. The first-order valence-corrected chi connectivity index (χ1v) is 10.4. The Labute approximate surface area is 156 Å². The molecule has 25 heavy (non-hydrogen) atoms. The van der Waals surface area contributed by atoms with Crippen molar-refractivity contribution >= 4 is 23.6 Å². The smallest absolute Gasteiger partial charge is 0.251 e. The summed E-state index contributed by atoms with van der Waals surface area (Å²) in [6.45, 7) is 4.46. The molecule has 0 aromatic heterocycles. The molecular weight excluding hydrogens is 332 g/mol. The van der Waals surface area contributed by atoms with E-state index in [-0.39, 0.29) is 5.91 Å². The molecule has 0 atom stereocenters. The van der Waals surface area contributed by atoms with Crippen LogP contribution < -0.4 is 16.0 Å². The monoisotopic (exact) mass is 364 g/mol. The third-order valence-corrected chi connectivity index (χ3v) is 4.48. The van der Waals surface area contributed by atoms with Gasteiger partial charge in [-0.05, 0) is 49.0 Å². The van der Waals surface area contributed by atoms with Crippen molar-refractivity contribution < 1.29 is 4.79 Å². The van der Waals surface area contributed by atoms with Crippen LogP contribution in [0.3, 0.4) is 0 Å². The van der Waals surface area contributed by atoms with Gasteiger partial charge in [0.05, 0.1) is 0 Å². The summed E-state index contributed by atoms with van der Waals surface area (Å²) in [6.07, 6.45) is 6.58. The van der Waals surface area contributed by atoms with Crippen molar-refractivity contribution in [2.45, 2.75) is 39.2 Å². The summed E-state index contributed by atoms with van der Waals surface area (Å²) in [5.41, 5.74) is 1.83. The molecule has 0 aliphatic rings. The van der Waals surface area contributed by atoms with Crippen LogP contribution in [0.4, 0.5) is 0 Å². The topological polar surface area (TPSA) is 65.5 Å². The number of carbonyl (C=O) groups is 1. The molecule has 1 aromatic carbocycles. The van der Waals surface area contributed by atoms with Crippen molar-refractivity contribution in [1.29, 1.82) is 0 Å². The second kappa shape index (κ2) is 13.6. The van der Waals surface area contributed by atoms with Crippen molar-refractivity contribution in [3.05, 3.63) is 35.4 Å². The third-order valence-electron chi connectivity index (χ3n) is 3.78. The molecule has 0 unspecified atom stereocenters. The fourth-order valence-corrected chi connectivity index (χ4v) is 2.73. The number of guanidine groups is 1. The van der Waals surface area contributed by atoms with Crippen molar-refractivity contribution in [2.24, 2.45) is 4.99 Å². The van der Waals surface area contributed by atoms with Gasteiger partial charge in [0.1, 0.15) is 0 Å². The molecule has 3 N–H and O–H groups in total. The third kappa shape index (κ3) is 9.39. The van der Waals surface area contributed by atoms with E-state index in [1.54, 1.807) is 7.05 Å². The van der Waals surface area contributed by atoms with E-state index < -0.39 is 0 Å². The van der Waals surface area contributed by atoms with Crippen LogP contribution in [-0.4, -0.2) is 44.0 Å². The Morgan fingerprint density at radius 3 is 2.40 bits per heavy atom. The number of benzene rings is 1. The average Bonchev–Trinajstić information content (AvgIpc) is 2.64. The largest absolute Gasteiger partial charge is 0.356 e. The predicted molar refractivity (Wildman–Crippen MR) is 110 cm³/mol. The molecule has 140 valence electrons. The molecule has 5 nitrogen and oxygen atoms in total. The number of aliphatic imine (C=N–C) groups is 1. The molecule has 1 amide bonds. The standard InChI is InChI=1S/C19H32N4OS/c1-4-5-12-21-18(24)17-10-8-16(9-11-17)15-23-19(20-2)22-13-6-7-14-25-3/h8-11H,4-7,12-15H2,1-3H3,(H,21,24)(H2,20,22,23). The van der Waals surface area contributed by atoms with Gasteiger partial charge < -0.3 is 16.0 Å². The molecule has 0 saturated carbocycles. The molecular formula is C19H32N4OS. The molecule has 6 heteroatoms. The Hall–Kier alpha value is -1.69. The molecule has 1 rings (SSSR count). The van der Waals surface area contributed by atoms with Crippen LogP contribution in [0.2, 0.25) is 0 Å². The van der Waals surface area contributed by atoms with Gasteiger partial charge in [0, 0.05) is 32.2 Å². The number of rotatable bonds is 11. The van der Waals surface area contributed by atoms with Crippen LogP contribution in [0.25, 0.3) is 0 Å². The molecule has 0 spiro atoms. The Bertz CT molecular complexity index is 517. The SMILES string of the molecule is CCCCNC(=O)c1ccc(CNC(=NC)NCCCCSC)cc1. The summed E-state index contributed by atoms with van der Waals surface area (Å²) < 4.78 is 0. The highest BCUT2D eigenvalue weighted by molar-refractivity contribution is 7.98. The summed E-state index contributed by atoms with van der Waals surface area (Å²) in [5.74, 6) is 2.01. The number of hydrogen-bond donors (Lipinski definition) is 3. The van der Waals surface area contributed by atoms with Crippen LogP contribution in [0.15, 0.2) is 29.3 Å². The Balaban J connectivity index is 2.35. The first-order valence-electron chi connectivity index (χ1n) is 9.01. The van der Waals surface area contributed by atoms with Gasteiger partial charge >= 0.3 is 0 Å². The number of nitrogens with one attached hydrogen (secondary N) is 3. The van der Waals surface area contributed by atoms with Gasteiger partial charge in [-0.25, -0.2) is 0 Å². The molecule has 0 heterocycles. The predicted octanol–water partition coefficient (Wildman–Crippen LogP) is 3.02. The van der Waals surface area contributed by atoms with Gasteiger partial charge in [0.15, 0.2) is 5.96 Å². The highest BCUT2D eigenvalue weighted by Crippen LogP contribution is 2.04. The van der Waals surface area contributed by atoms with E-state index in [0.717, 1.165) is 43.9 Å². The van der Waals surface area contributed by atoms with Crippen LogP contribution in [-0.2, 0) is 6.54 Å². The van der Waals surface area contributed by atoms with Gasteiger partial charge in [0.2, 0.25) is 0 Å². The molecule has 0 aliphatic carbocycles. The van der Waals surface area contributed by atoms with Crippen molar-refractivity contribution in [3.63, 3.8) is 0 Å². The highest BCUT2D eigenvalue weighted by atomic mass is 32.2. The number of thioether (sulfide) groups is 1. The molecule has 0 bridgehead atoms. The summed E-state index contributed by atoms with van der Waals surface area (Å²) >= 11 is 1.88. The average molecular weight is 365 g/mol.